The Labute approximate surface area is 150 Å². The molecule has 0 bridgehead atoms. The summed E-state index contributed by atoms with van der Waals surface area (Å²) in [5.74, 6) is 0.119. The van der Waals surface area contributed by atoms with E-state index in [0.717, 1.165) is 34.8 Å². The Morgan fingerprint density at radius 3 is 2.84 bits per heavy atom. The van der Waals surface area contributed by atoms with Crippen LogP contribution in [0.3, 0.4) is 0 Å². The lowest BCUT2D eigenvalue weighted by atomic mass is 9.88. The summed E-state index contributed by atoms with van der Waals surface area (Å²) in [6.45, 7) is 0. The van der Waals surface area contributed by atoms with Crippen LogP contribution in [0.1, 0.15) is 30.2 Å². The first-order chi connectivity index (χ1) is 12.2. The molecule has 4 rings (SSSR count). The Balaban J connectivity index is 1.99. The molecule has 0 spiro atoms. The summed E-state index contributed by atoms with van der Waals surface area (Å²) < 4.78 is 0. The highest BCUT2D eigenvalue weighted by atomic mass is 32.1. The van der Waals surface area contributed by atoms with Crippen LogP contribution in [-0.4, -0.2) is 18.9 Å². The Bertz CT molecular complexity index is 857. The molecule has 128 valence electrons. The van der Waals surface area contributed by atoms with Gasteiger partial charge in [0, 0.05) is 29.6 Å². The number of nitrogens with zero attached hydrogens (tertiary/aromatic N) is 1. The predicted octanol–water partition coefficient (Wildman–Crippen LogP) is 4.07. The predicted molar refractivity (Wildman–Crippen MR) is 99.9 cm³/mol. The van der Waals surface area contributed by atoms with E-state index in [0.29, 0.717) is 12.0 Å². The van der Waals surface area contributed by atoms with Gasteiger partial charge in [0.1, 0.15) is 6.04 Å². The summed E-state index contributed by atoms with van der Waals surface area (Å²) in [6.07, 6.45) is 2.18. The molecular weight excluding hydrogens is 334 g/mol. The second kappa shape index (κ2) is 6.37. The first-order valence-electron chi connectivity index (χ1n) is 8.37. The number of anilines is 2. The fourth-order valence-corrected chi connectivity index (χ4v) is 4.42. The van der Waals surface area contributed by atoms with Crippen molar-refractivity contribution in [3.05, 3.63) is 57.9 Å². The van der Waals surface area contributed by atoms with Gasteiger partial charge in [0.05, 0.1) is 11.4 Å². The Morgan fingerprint density at radius 1 is 1.24 bits per heavy atom. The maximum absolute atomic E-state index is 12.8. The quantitative estimate of drug-likeness (QED) is 0.812. The number of benzene rings is 1. The van der Waals surface area contributed by atoms with Crippen molar-refractivity contribution in [1.82, 2.24) is 5.32 Å². The minimum atomic E-state index is -0.404. The fourth-order valence-electron chi connectivity index (χ4n) is 3.59. The van der Waals surface area contributed by atoms with Crippen molar-refractivity contribution in [2.45, 2.75) is 25.3 Å². The normalized spacial score (nSPS) is 19.6. The van der Waals surface area contributed by atoms with Crippen molar-refractivity contribution < 1.29 is 9.59 Å². The van der Waals surface area contributed by atoms with Crippen molar-refractivity contribution >= 4 is 34.5 Å². The molecule has 1 aromatic carbocycles. The molecule has 2 aliphatic rings. The van der Waals surface area contributed by atoms with E-state index in [-0.39, 0.29) is 11.8 Å². The van der Waals surface area contributed by atoms with Crippen molar-refractivity contribution in [2.75, 3.05) is 17.3 Å². The number of hydrogen-bond donors (Lipinski definition) is 2. The maximum Gasteiger partial charge on any atom is 0.322 e. The second-order valence-corrected chi connectivity index (χ2v) is 7.13. The molecule has 1 aliphatic carbocycles. The van der Waals surface area contributed by atoms with E-state index >= 15 is 0 Å². The number of ketones is 1. The highest BCUT2D eigenvalue weighted by Gasteiger charge is 2.39. The molecule has 0 radical (unpaired) electrons. The number of amides is 2. The van der Waals surface area contributed by atoms with E-state index in [1.807, 2.05) is 41.8 Å². The molecule has 2 aromatic rings. The van der Waals surface area contributed by atoms with Crippen LogP contribution < -0.4 is 15.5 Å². The molecule has 2 heterocycles. The van der Waals surface area contributed by atoms with Gasteiger partial charge in [0.25, 0.3) is 0 Å². The summed E-state index contributed by atoms with van der Waals surface area (Å²) in [4.78, 5) is 28.4. The Morgan fingerprint density at radius 2 is 2.08 bits per heavy atom. The zero-order valence-corrected chi connectivity index (χ0v) is 14.7. The van der Waals surface area contributed by atoms with Gasteiger partial charge in [-0.2, -0.15) is 0 Å². The van der Waals surface area contributed by atoms with Gasteiger partial charge in [-0.1, -0.05) is 18.2 Å². The highest BCUT2D eigenvalue weighted by molar-refractivity contribution is 7.10. The number of hydrogen-bond acceptors (Lipinski definition) is 4. The first-order valence-corrected chi connectivity index (χ1v) is 9.25. The molecule has 6 heteroatoms. The third-order valence-electron chi connectivity index (χ3n) is 4.68. The zero-order chi connectivity index (χ0) is 17.4. The molecule has 0 saturated heterocycles. The van der Waals surface area contributed by atoms with Crippen LogP contribution in [0, 0.1) is 0 Å². The third-order valence-corrected chi connectivity index (χ3v) is 5.61. The topological polar surface area (TPSA) is 61.4 Å². The minimum Gasteiger partial charge on any atom is -0.357 e. The van der Waals surface area contributed by atoms with Crippen LogP contribution in [0.2, 0.25) is 0 Å². The van der Waals surface area contributed by atoms with E-state index in [1.165, 1.54) is 0 Å². The van der Waals surface area contributed by atoms with Gasteiger partial charge in [-0.05, 0) is 36.4 Å². The Kier molecular flexibility index (Phi) is 4.05. The molecule has 1 atom stereocenters. The van der Waals surface area contributed by atoms with Crippen LogP contribution in [0.5, 0.6) is 0 Å². The number of para-hydroxylation sites is 2. The number of rotatable bonds is 1. The van der Waals surface area contributed by atoms with E-state index < -0.39 is 6.04 Å². The lowest BCUT2D eigenvalue weighted by Crippen LogP contribution is -2.42. The largest absolute Gasteiger partial charge is 0.357 e. The lowest BCUT2D eigenvalue weighted by molar-refractivity contribution is -0.116. The average Bonchev–Trinajstić information content (AvgIpc) is 3.10. The molecule has 5 nitrogen and oxygen atoms in total. The van der Waals surface area contributed by atoms with Crippen molar-refractivity contribution in [2.24, 2.45) is 0 Å². The molecule has 1 unspecified atom stereocenters. The molecule has 1 aliphatic heterocycles. The van der Waals surface area contributed by atoms with Crippen LogP contribution in [0.15, 0.2) is 53.0 Å². The maximum atomic E-state index is 12.8. The molecule has 2 amide bonds. The first kappa shape index (κ1) is 15.9. The van der Waals surface area contributed by atoms with Crippen LogP contribution in [0.25, 0.3) is 0 Å². The second-order valence-electron chi connectivity index (χ2n) is 6.15. The molecule has 1 aromatic heterocycles. The fraction of sp³-hybridized carbons (Fsp3) is 0.263. The minimum absolute atomic E-state index is 0.119. The summed E-state index contributed by atoms with van der Waals surface area (Å²) in [7, 11) is 1.62. The monoisotopic (exact) mass is 353 g/mol. The third kappa shape index (κ3) is 2.62. The van der Waals surface area contributed by atoms with Crippen LogP contribution >= 0.6 is 11.3 Å². The van der Waals surface area contributed by atoms with Crippen molar-refractivity contribution in [3.63, 3.8) is 0 Å². The molecule has 0 fully saturated rings. The molecular formula is C19H19N3O2S. The standard InChI is InChI=1S/C19H19N3O2S/c1-20-19(24)22-14-8-3-2-6-12(14)21-13-7-4-9-15(23)17(13)18(22)16-10-5-11-25-16/h2-3,5-6,8,10-11,18,21H,4,7,9H2,1H3,(H,20,24). The number of nitrogens with one attached hydrogen (secondary N) is 2. The van der Waals surface area contributed by atoms with Gasteiger partial charge in [0.2, 0.25) is 0 Å². The van der Waals surface area contributed by atoms with Crippen molar-refractivity contribution in [1.29, 1.82) is 0 Å². The van der Waals surface area contributed by atoms with Crippen molar-refractivity contribution in [3.8, 4) is 0 Å². The van der Waals surface area contributed by atoms with Crippen LogP contribution in [0.4, 0.5) is 16.2 Å². The average molecular weight is 353 g/mol. The highest BCUT2D eigenvalue weighted by Crippen LogP contribution is 2.45. The molecule has 25 heavy (non-hydrogen) atoms. The SMILES string of the molecule is CNC(=O)N1c2ccccc2NC2=C(C(=O)CCC2)C1c1cccs1. The summed E-state index contributed by atoms with van der Waals surface area (Å²) in [5.41, 5.74) is 3.29. The number of carbonyl (C=O) groups excluding carboxylic acids is 2. The van der Waals surface area contributed by atoms with Gasteiger partial charge < -0.3 is 10.6 Å². The number of urea groups is 1. The van der Waals surface area contributed by atoms with Crippen LogP contribution in [-0.2, 0) is 4.79 Å². The van der Waals surface area contributed by atoms with Gasteiger partial charge in [-0.15, -0.1) is 11.3 Å². The van der Waals surface area contributed by atoms with Gasteiger partial charge in [0.15, 0.2) is 5.78 Å². The van der Waals surface area contributed by atoms with Gasteiger partial charge in [-0.25, -0.2) is 4.79 Å². The smallest absolute Gasteiger partial charge is 0.322 e. The number of allylic oxidation sites excluding steroid dienone is 1. The Hall–Kier alpha value is -2.60. The van der Waals surface area contributed by atoms with E-state index in [9.17, 15) is 9.59 Å². The summed E-state index contributed by atoms with van der Waals surface area (Å²) >= 11 is 1.57. The molecule has 2 N–H and O–H groups in total. The van der Waals surface area contributed by atoms with Gasteiger partial charge in [-0.3, -0.25) is 9.69 Å². The number of Topliss-reactive ketones (excluding diaryl/α,β-unsaturated/α-hetero) is 1. The molecule has 0 saturated carbocycles. The number of carbonyl (C=O) groups is 2. The van der Waals surface area contributed by atoms with Gasteiger partial charge >= 0.3 is 6.03 Å². The number of thiophene rings is 1. The summed E-state index contributed by atoms with van der Waals surface area (Å²) in [5, 5.41) is 8.15. The van der Waals surface area contributed by atoms with E-state index in [4.69, 9.17) is 0 Å². The van der Waals surface area contributed by atoms with E-state index in [2.05, 4.69) is 10.6 Å². The number of fused-ring (bicyclic) bond motifs is 1. The zero-order valence-electron chi connectivity index (χ0n) is 13.9. The lowest BCUT2D eigenvalue weighted by Gasteiger charge is -2.32. The van der Waals surface area contributed by atoms with E-state index in [1.54, 1.807) is 23.3 Å². The summed E-state index contributed by atoms with van der Waals surface area (Å²) in [6, 6.07) is 11.0.